The van der Waals surface area contributed by atoms with Crippen LogP contribution in [0, 0.1) is 6.92 Å². The van der Waals surface area contributed by atoms with E-state index in [2.05, 4.69) is 0 Å². The molecule has 29 heavy (non-hydrogen) atoms. The predicted molar refractivity (Wildman–Crippen MR) is 117 cm³/mol. The van der Waals surface area contributed by atoms with Crippen molar-refractivity contribution in [1.29, 1.82) is 0 Å². The van der Waals surface area contributed by atoms with Crippen molar-refractivity contribution in [1.82, 2.24) is 9.55 Å². The van der Waals surface area contributed by atoms with Gasteiger partial charge in [0.25, 0.3) is 0 Å². The molecule has 0 unspecified atom stereocenters. The molecule has 144 valence electrons. The quantitative estimate of drug-likeness (QED) is 0.242. The molecule has 0 radical (unpaired) electrons. The van der Waals surface area contributed by atoms with Crippen molar-refractivity contribution < 1.29 is 9.53 Å². The SMILES string of the molecule is Cc1ccc(OC(=O)CSc2nc(-c3ccccc3)cn2-c2ccccc2)cc1. The van der Waals surface area contributed by atoms with Gasteiger partial charge < -0.3 is 4.74 Å². The third kappa shape index (κ3) is 4.76. The zero-order valence-corrected chi connectivity index (χ0v) is 16.8. The molecule has 3 aromatic carbocycles. The van der Waals surface area contributed by atoms with Gasteiger partial charge in [0.05, 0.1) is 11.4 Å². The first-order valence-electron chi connectivity index (χ1n) is 9.29. The van der Waals surface area contributed by atoms with E-state index in [1.54, 1.807) is 12.1 Å². The molecular weight excluding hydrogens is 380 g/mol. The van der Waals surface area contributed by atoms with Crippen LogP contribution in [0.5, 0.6) is 5.75 Å². The molecule has 0 saturated heterocycles. The van der Waals surface area contributed by atoms with E-state index in [4.69, 9.17) is 9.72 Å². The number of aromatic nitrogens is 2. The second-order valence-electron chi connectivity index (χ2n) is 6.56. The largest absolute Gasteiger partial charge is 0.426 e. The Morgan fingerprint density at radius 2 is 1.59 bits per heavy atom. The molecule has 0 aliphatic heterocycles. The number of rotatable bonds is 6. The first kappa shape index (κ1) is 19.0. The smallest absolute Gasteiger partial charge is 0.321 e. The molecule has 0 bridgehead atoms. The Hall–Kier alpha value is -3.31. The Labute approximate surface area is 174 Å². The minimum Gasteiger partial charge on any atom is -0.426 e. The lowest BCUT2D eigenvalue weighted by molar-refractivity contribution is -0.131. The molecule has 4 aromatic rings. The van der Waals surface area contributed by atoms with Gasteiger partial charge in [-0.15, -0.1) is 0 Å². The number of benzene rings is 3. The van der Waals surface area contributed by atoms with Crippen molar-refractivity contribution in [2.24, 2.45) is 0 Å². The minimum atomic E-state index is -0.303. The van der Waals surface area contributed by atoms with Crippen molar-refractivity contribution in [3.63, 3.8) is 0 Å². The van der Waals surface area contributed by atoms with E-state index in [0.29, 0.717) is 5.75 Å². The second-order valence-corrected chi connectivity index (χ2v) is 7.50. The van der Waals surface area contributed by atoms with E-state index in [-0.39, 0.29) is 11.7 Å². The lowest BCUT2D eigenvalue weighted by Crippen LogP contribution is -2.11. The average Bonchev–Trinajstić information content (AvgIpc) is 3.20. The summed E-state index contributed by atoms with van der Waals surface area (Å²) in [7, 11) is 0. The molecule has 0 saturated carbocycles. The Morgan fingerprint density at radius 1 is 0.931 bits per heavy atom. The standard InChI is InChI=1S/C24H20N2O2S/c1-18-12-14-21(15-13-18)28-23(27)17-29-24-25-22(19-8-4-2-5-9-19)16-26(24)20-10-6-3-7-11-20/h2-16H,17H2,1H3. The maximum absolute atomic E-state index is 12.3. The molecule has 4 nitrogen and oxygen atoms in total. The summed E-state index contributed by atoms with van der Waals surface area (Å²) >= 11 is 1.37. The van der Waals surface area contributed by atoms with Crippen LogP contribution in [0.25, 0.3) is 16.9 Å². The highest BCUT2D eigenvalue weighted by molar-refractivity contribution is 7.99. The molecule has 0 aliphatic rings. The summed E-state index contributed by atoms with van der Waals surface area (Å²) in [6.45, 7) is 2.00. The number of imidazole rings is 1. The highest BCUT2D eigenvalue weighted by atomic mass is 32.2. The van der Waals surface area contributed by atoms with Gasteiger partial charge in [0.2, 0.25) is 0 Å². The van der Waals surface area contributed by atoms with Crippen molar-refractivity contribution >= 4 is 17.7 Å². The molecule has 1 aromatic heterocycles. The number of carbonyl (C=O) groups is 1. The van der Waals surface area contributed by atoms with Crippen LogP contribution in [-0.2, 0) is 4.79 Å². The van der Waals surface area contributed by atoms with Gasteiger partial charge in [-0.25, -0.2) is 4.98 Å². The molecule has 4 rings (SSSR count). The van der Waals surface area contributed by atoms with E-state index in [1.807, 2.05) is 90.5 Å². The molecule has 0 fully saturated rings. The number of nitrogens with zero attached hydrogens (tertiary/aromatic N) is 2. The Morgan fingerprint density at radius 3 is 2.28 bits per heavy atom. The average molecular weight is 401 g/mol. The van der Waals surface area contributed by atoms with E-state index in [9.17, 15) is 4.79 Å². The number of thioether (sulfide) groups is 1. The lowest BCUT2D eigenvalue weighted by Gasteiger charge is -2.07. The van der Waals surface area contributed by atoms with Crippen LogP contribution >= 0.6 is 11.8 Å². The van der Waals surface area contributed by atoms with E-state index >= 15 is 0 Å². The van der Waals surface area contributed by atoms with Crippen molar-refractivity contribution in [3.05, 3.63) is 96.7 Å². The van der Waals surface area contributed by atoms with Gasteiger partial charge in [-0.05, 0) is 31.2 Å². The first-order valence-corrected chi connectivity index (χ1v) is 10.3. The van der Waals surface area contributed by atoms with E-state index < -0.39 is 0 Å². The Kier molecular flexibility index (Phi) is 5.77. The van der Waals surface area contributed by atoms with Gasteiger partial charge in [0, 0.05) is 17.4 Å². The second kappa shape index (κ2) is 8.80. The first-order chi connectivity index (χ1) is 14.2. The number of para-hydroxylation sites is 1. The molecule has 0 N–H and O–H groups in total. The van der Waals surface area contributed by atoms with E-state index in [1.165, 1.54) is 11.8 Å². The van der Waals surface area contributed by atoms with Gasteiger partial charge in [-0.1, -0.05) is 78.0 Å². The topological polar surface area (TPSA) is 44.1 Å². The highest BCUT2D eigenvalue weighted by Crippen LogP contribution is 2.27. The maximum Gasteiger partial charge on any atom is 0.321 e. The molecule has 0 atom stereocenters. The Balaban J connectivity index is 1.54. The van der Waals surface area contributed by atoms with Crippen molar-refractivity contribution in [2.45, 2.75) is 12.1 Å². The van der Waals surface area contributed by atoms with Crippen molar-refractivity contribution in [3.8, 4) is 22.7 Å². The predicted octanol–water partition coefficient (Wildman–Crippen LogP) is 5.55. The molecular formula is C24H20N2O2S. The Bertz CT molecular complexity index is 1090. The van der Waals surface area contributed by atoms with Crippen LogP contribution in [-0.4, -0.2) is 21.3 Å². The molecule has 0 aliphatic carbocycles. The zero-order chi connectivity index (χ0) is 20.1. The molecule has 0 amide bonds. The number of aryl methyl sites for hydroxylation is 1. The number of ether oxygens (including phenoxy) is 1. The fourth-order valence-corrected chi connectivity index (χ4v) is 3.64. The monoisotopic (exact) mass is 400 g/mol. The van der Waals surface area contributed by atoms with Crippen LogP contribution in [0.2, 0.25) is 0 Å². The lowest BCUT2D eigenvalue weighted by atomic mass is 10.2. The number of carbonyl (C=O) groups excluding carboxylic acids is 1. The van der Waals surface area contributed by atoms with Crippen LogP contribution in [0.3, 0.4) is 0 Å². The molecule has 5 heteroatoms. The van der Waals surface area contributed by atoms with Crippen LogP contribution in [0.15, 0.2) is 96.3 Å². The summed E-state index contributed by atoms with van der Waals surface area (Å²) < 4.78 is 7.44. The summed E-state index contributed by atoms with van der Waals surface area (Å²) in [6.07, 6.45) is 2.00. The summed E-state index contributed by atoms with van der Waals surface area (Å²) in [5, 5.41) is 0.746. The fourth-order valence-electron chi connectivity index (χ4n) is 2.88. The maximum atomic E-state index is 12.3. The fraction of sp³-hybridized carbons (Fsp3) is 0.0833. The summed E-state index contributed by atoms with van der Waals surface area (Å²) in [4.78, 5) is 17.1. The summed E-state index contributed by atoms with van der Waals surface area (Å²) in [6, 6.07) is 27.4. The van der Waals surface area contributed by atoms with E-state index in [0.717, 1.165) is 27.7 Å². The van der Waals surface area contributed by atoms with Crippen LogP contribution in [0.4, 0.5) is 0 Å². The number of hydrogen-bond acceptors (Lipinski definition) is 4. The van der Waals surface area contributed by atoms with Crippen LogP contribution in [0.1, 0.15) is 5.56 Å². The van der Waals surface area contributed by atoms with Gasteiger partial charge >= 0.3 is 5.97 Å². The highest BCUT2D eigenvalue weighted by Gasteiger charge is 2.14. The van der Waals surface area contributed by atoms with Gasteiger partial charge in [-0.2, -0.15) is 0 Å². The van der Waals surface area contributed by atoms with Gasteiger partial charge in [0.1, 0.15) is 5.75 Å². The third-order valence-electron chi connectivity index (χ3n) is 4.35. The van der Waals surface area contributed by atoms with Gasteiger partial charge in [-0.3, -0.25) is 9.36 Å². The third-order valence-corrected chi connectivity index (χ3v) is 5.28. The zero-order valence-electron chi connectivity index (χ0n) is 16.0. The van der Waals surface area contributed by atoms with Gasteiger partial charge in [0.15, 0.2) is 5.16 Å². The van der Waals surface area contributed by atoms with Crippen molar-refractivity contribution in [2.75, 3.05) is 5.75 Å². The van der Waals surface area contributed by atoms with Crippen LogP contribution < -0.4 is 4.74 Å². The number of esters is 1. The molecule has 0 spiro atoms. The summed E-state index contributed by atoms with van der Waals surface area (Å²) in [5.74, 6) is 0.423. The normalized spacial score (nSPS) is 10.7. The number of hydrogen-bond donors (Lipinski definition) is 0. The molecule has 1 heterocycles. The summed E-state index contributed by atoms with van der Waals surface area (Å²) in [5.41, 5.74) is 4.02. The minimum absolute atomic E-state index is 0.173.